The molecule has 1 aromatic rings. The molecule has 1 saturated carbocycles. The molecule has 2 rings (SSSR count). The average molecular weight is 324 g/mol. The van der Waals surface area contributed by atoms with Crippen LogP contribution in [-0.2, 0) is 16.1 Å². The van der Waals surface area contributed by atoms with Crippen LogP contribution in [0, 0.1) is 5.92 Å². The first kappa shape index (κ1) is 16.8. The first-order chi connectivity index (χ1) is 10.3. The number of rotatable bonds is 4. The lowest BCUT2D eigenvalue weighted by atomic mass is 10.1. The zero-order valence-corrected chi connectivity index (χ0v) is 14.2. The van der Waals surface area contributed by atoms with Crippen molar-refractivity contribution in [2.24, 2.45) is 5.92 Å². The van der Waals surface area contributed by atoms with Gasteiger partial charge in [-0.25, -0.2) is 4.79 Å². The number of thiophene rings is 1. The summed E-state index contributed by atoms with van der Waals surface area (Å²) in [4.78, 5) is 25.0. The molecule has 2 atom stereocenters. The van der Waals surface area contributed by atoms with Crippen molar-refractivity contribution in [1.29, 1.82) is 0 Å². The highest BCUT2D eigenvalue weighted by molar-refractivity contribution is 7.09. The van der Waals surface area contributed by atoms with Gasteiger partial charge in [-0.1, -0.05) is 6.07 Å². The molecule has 6 heteroatoms. The lowest BCUT2D eigenvalue weighted by Crippen LogP contribution is -2.38. The monoisotopic (exact) mass is 324 g/mol. The fraction of sp³-hybridized carbons (Fsp3) is 0.625. The number of amides is 2. The van der Waals surface area contributed by atoms with Crippen LogP contribution in [0.1, 0.15) is 44.9 Å². The Morgan fingerprint density at radius 3 is 2.77 bits per heavy atom. The van der Waals surface area contributed by atoms with E-state index >= 15 is 0 Å². The molecule has 1 aromatic heterocycles. The van der Waals surface area contributed by atoms with E-state index in [4.69, 9.17) is 4.74 Å². The third-order valence-corrected chi connectivity index (χ3v) is 4.42. The van der Waals surface area contributed by atoms with E-state index in [9.17, 15) is 9.59 Å². The fourth-order valence-corrected chi connectivity index (χ4v) is 3.20. The summed E-state index contributed by atoms with van der Waals surface area (Å²) in [6.45, 7) is 6.09. The minimum atomic E-state index is -0.500. The summed E-state index contributed by atoms with van der Waals surface area (Å²) in [5.41, 5.74) is -0.500. The number of nitrogens with one attached hydrogen (secondary N) is 2. The minimum absolute atomic E-state index is 0.0207. The Hall–Kier alpha value is -1.56. The Morgan fingerprint density at radius 1 is 1.36 bits per heavy atom. The molecule has 0 aromatic carbocycles. The lowest BCUT2D eigenvalue weighted by molar-refractivity contribution is -0.125. The summed E-state index contributed by atoms with van der Waals surface area (Å²) >= 11 is 1.63. The van der Waals surface area contributed by atoms with E-state index in [0.717, 1.165) is 17.7 Å². The molecule has 0 saturated heterocycles. The van der Waals surface area contributed by atoms with Crippen molar-refractivity contribution in [2.75, 3.05) is 0 Å². The van der Waals surface area contributed by atoms with Crippen molar-refractivity contribution < 1.29 is 14.3 Å². The Kier molecular flexibility index (Phi) is 5.45. The maximum absolute atomic E-state index is 12.2. The molecular weight excluding hydrogens is 300 g/mol. The largest absolute Gasteiger partial charge is 0.444 e. The van der Waals surface area contributed by atoms with Gasteiger partial charge < -0.3 is 15.4 Å². The summed E-state index contributed by atoms with van der Waals surface area (Å²) in [5, 5.41) is 7.82. The summed E-state index contributed by atoms with van der Waals surface area (Å²) in [6, 6.07) is 4.00. The molecule has 2 N–H and O–H groups in total. The van der Waals surface area contributed by atoms with Crippen LogP contribution in [0.4, 0.5) is 4.79 Å². The van der Waals surface area contributed by atoms with Gasteiger partial charge in [0, 0.05) is 16.8 Å². The normalized spacial score (nSPS) is 21.4. The first-order valence-corrected chi connectivity index (χ1v) is 8.51. The van der Waals surface area contributed by atoms with Crippen LogP contribution in [0.2, 0.25) is 0 Å². The van der Waals surface area contributed by atoms with Crippen LogP contribution in [0.15, 0.2) is 17.5 Å². The summed E-state index contributed by atoms with van der Waals surface area (Å²) < 4.78 is 5.24. The molecule has 22 heavy (non-hydrogen) atoms. The molecule has 0 spiro atoms. The van der Waals surface area contributed by atoms with Gasteiger partial charge >= 0.3 is 6.09 Å². The molecule has 5 nitrogen and oxygen atoms in total. The molecule has 1 aliphatic rings. The summed E-state index contributed by atoms with van der Waals surface area (Å²) in [7, 11) is 0. The van der Waals surface area contributed by atoms with E-state index in [2.05, 4.69) is 10.6 Å². The average Bonchev–Trinajstić information content (AvgIpc) is 3.04. The quantitative estimate of drug-likeness (QED) is 0.894. The second-order valence-corrected chi connectivity index (χ2v) is 7.68. The van der Waals surface area contributed by atoms with Crippen LogP contribution in [0.25, 0.3) is 0 Å². The molecule has 1 aliphatic carbocycles. The van der Waals surface area contributed by atoms with E-state index in [1.807, 2.05) is 38.3 Å². The number of hydrogen-bond donors (Lipinski definition) is 2. The molecular formula is C16H24N2O3S. The number of alkyl carbamates (subject to hydrolysis) is 1. The van der Waals surface area contributed by atoms with Crippen molar-refractivity contribution >= 4 is 23.3 Å². The van der Waals surface area contributed by atoms with E-state index < -0.39 is 11.7 Å². The van der Waals surface area contributed by atoms with Gasteiger partial charge in [0.1, 0.15) is 5.60 Å². The van der Waals surface area contributed by atoms with Crippen molar-refractivity contribution in [3.8, 4) is 0 Å². The van der Waals surface area contributed by atoms with E-state index in [1.165, 1.54) is 0 Å². The molecule has 0 radical (unpaired) electrons. The highest BCUT2D eigenvalue weighted by Crippen LogP contribution is 2.26. The minimum Gasteiger partial charge on any atom is -0.444 e. The second-order valence-electron chi connectivity index (χ2n) is 6.65. The highest BCUT2D eigenvalue weighted by Gasteiger charge is 2.31. The van der Waals surface area contributed by atoms with E-state index in [-0.39, 0.29) is 17.9 Å². The van der Waals surface area contributed by atoms with Crippen molar-refractivity contribution in [3.05, 3.63) is 22.4 Å². The smallest absolute Gasteiger partial charge is 0.407 e. The van der Waals surface area contributed by atoms with Gasteiger partial charge in [0.2, 0.25) is 5.91 Å². The molecule has 1 fully saturated rings. The maximum Gasteiger partial charge on any atom is 0.407 e. The van der Waals surface area contributed by atoms with Crippen LogP contribution in [0.5, 0.6) is 0 Å². The van der Waals surface area contributed by atoms with Gasteiger partial charge in [-0.15, -0.1) is 11.3 Å². The topological polar surface area (TPSA) is 67.4 Å². The molecule has 122 valence electrons. The van der Waals surface area contributed by atoms with Gasteiger partial charge in [-0.2, -0.15) is 0 Å². The van der Waals surface area contributed by atoms with Crippen LogP contribution in [0.3, 0.4) is 0 Å². The molecule has 0 aliphatic heterocycles. The van der Waals surface area contributed by atoms with Gasteiger partial charge in [0.15, 0.2) is 0 Å². The van der Waals surface area contributed by atoms with Crippen LogP contribution >= 0.6 is 11.3 Å². The third kappa shape index (κ3) is 5.33. The Bertz CT molecular complexity index is 508. The predicted molar refractivity (Wildman–Crippen MR) is 86.7 cm³/mol. The van der Waals surface area contributed by atoms with Gasteiger partial charge in [0.25, 0.3) is 0 Å². The molecule has 2 amide bonds. The predicted octanol–water partition coefficient (Wildman–Crippen LogP) is 3.06. The third-order valence-electron chi connectivity index (χ3n) is 3.54. The second kappa shape index (κ2) is 7.13. The fourth-order valence-electron chi connectivity index (χ4n) is 2.56. The zero-order chi connectivity index (χ0) is 16.2. The van der Waals surface area contributed by atoms with Gasteiger partial charge in [0.05, 0.1) is 6.54 Å². The highest BCUT2D eigenvalue weighted by atomic mass is 32.1. The van der Waals surface area contributed by atoms with Crippen molar-refractivity contribution in [2.45, 2.75) is 58.2 Å². The SMILES string of the molecule is CC(C)(C)OC(=O)N[C@H]1CC[C@@H](C(=O)NCc2cccs2)C1. The van der Waals surface area contributed by atoms with Crippen LogP contribution < -0.4 is 10.6 Å². The molecule has 0 unspecified atom stereocenters. The number of carbonyl (C=O) groups is 2. The van der Waals surface area contributed by atoms with Crippen LogP contribution in [-0.4, -0.2) is 23.6 Å². The number of carbonyl (C=O) groups excluding carboxylic acids is 2. The first-order valence-electron chi connectivity index (χ1n) is 7.63. The lowest BCUT2D eigenvalue weighted by Gasteiger charge is -2.21. The summed E-state index contributed by atoms with van der Waals surface area (Å²) in [5.74, 6) is 0.0433. The number of ether oxygens (including phenoxy) is 1. The Balaban J connectivity index is 1.72. The standard InChI is InChI=1S/C16H24N2O3S/c1-16(2,3)21-15(20)18-12-7-6-11(9-12)14(19)17-10-13-5-4-8-22-13/h4-5,8,11-12H,6-7,9-10H2,1-3H3,(H,17,19)(H,18,20)/t11-,12+/m1/s1. The maximum atomic E-state index is 12.2. The summed E-state index contributed by atoms with van der Waals surface area (Å²) in [6.07, 6.45) is 1.89. The Morgan fingerprint density at radius 2 is 2.14 bits per heavy atom. The molecule has 1 heterocycles. The van der Waals surface area contributed by atoms with Gasteiger partial charge in [-0.3, -0.25) is 4.79 Å². The van der Waals surface area contributed by atoms with Crippen molar-refractivity contribution in [3.63, 3.8) is 0 Å². The van der Waals surface area contributed by atoms with E-state index in [0.29, 0.717) is 13.0 Å². The van der Waals surface area contributed by atoms with Gasteiger partial charge in [-0.05, 0) is 51.5 Å². The van der Waals surface area contributed by atoms with E-state index in [1.54, 1.807) is 11.3 Å². The molecule has 0 bridgehead atoms. The zero-order valence-electron chi connectivity index (χ0n) is 13.3. The Labute approximate surface area is 135 Å². The number of hydrogen-bond acceptors (Lipinski definition) is 4. The van der Waals surface area contributed by atoms with Crippen molar-refractivity contribution in [1.82, 2.24) is 10.6 Å².